The van der Waals surface area contributed by atoms with Gasteiger partial charge in [0.15, 0.2) is 5.78 Å². The fourth-order valence-corrected chi connectivity index (χ4v) is 2.00. The van der Waals surface area contributed by atoms with Crippen LogP contribution in [0.3, 0.4) is 0 Å². The molecule has 1 aliphatic rings. The normalized spacial score (nSPS) is 17.9. The Morgan fingerprint density at radius 1 is 1.21 bits per heavy atom. The molecule has 0 aliphatic carbocycles. The highest BCUT2D eigenvalue weighted by Gasteiger charge is 2.13. The van der Waals surface area contributed by atoms with Crippen LogP contribution in [-0.4, -0.2) is 25.4 Å². The Kier molecular flexibility index (Phi) is 4.88. The number of carbonyl (C=O) groups is 1. The topological polar surface area (TPSA) is 21.5 Å². The van der Waals surface area contributed by atoms with E-state index in [1.807, 2.05) is 13.8 Å². The summed E-state index contributed by atoms with van der Waals surface area (Å²) in [4.78, 5) is 13.0. The van der Waals surface area contributed by atoms with E-state index in [1.165, 1.54) is 32.4 Å². The van der Waals surface area contributed by atoms with E-state index in [0.717, 1.165) is 18.5 Å². The van der Waals surface area contributed by atoms with Gasteiger partial charge in [0.2, 0.25) is 0 Å². The van der Waals surface area contributed by atoms with Gasteiger partial charge in [0, 0.05) is 0 Å². The van der Waals surface area contributed by atoms with E-state index in [-0.39, 0.29) is 0 Å². The van der Waals surface area contributed by atoms with Crippen molar-refractivity contribution in [2.24, 2.45) is 0 Å². The lowest BCUT2D eigenvalue weighted by molar-refractivity contribution is -0.904. The zero-order valence-electron chi connectivity index (χ0n) is 9.44. The van der Waals surface area contributed by atoms with Crippen molar-refractivity contribution in [1.82, 2.24) is 0 Å². The number of piperidine rings is 1. The third kappa shape index (κ3) is 4.56. The van der Waals surface area contributed by atoms with Gasteiger partial charge in [-0.05, 0) is 39.2 Å². The van der Waals surface area contributed by atoms with Crippen LogP contribution in [0.4, 0.5) is 0 Å². The summed E-state index contributed by atoms with van der Waals surface area (Å²) in [5.74, 6) is 0.295. The predicted octanol–water partition coefficient (Wildman–Crippen LogP) is 0.981. The molecule has 14 heavy (non-hydrogen) atoms. The zero-order chi connectivity index (χ0) is 10.4. The van der Waals surface area contributed by atoms with E-state index < -0.39 is 0 Å². The van der Waals surface area contributed by atoms with Crippen molar-refractivity contribution in [2.75, 3.05) is 19.6 Å². The Morgan fingerprint density at radius 3 is 2.43 bits per heavy atom. The summed E-state index contributed by atoms with van der Waals surface area (Å²) in [5.41, 5.74) is 1.11. The molecule has 2 heteroatoms. The summed E-state index contributed by atoms with van der Waals surface area (Å²) in [7, 11) is 0. The minimum atomic E-state index is 0.295. The number of nitrogens with one attached hydrogen (secondary N) is 1. The maximum Gasteiger partial charge on any atom is 0.161 e. The third-order valence-electron chi connectivity index (χ3n) is 2.74. The molecule has 1 saturated heterocycles. The van der Waals surface area contributed by atoms with E-state index in [2.05, 4.69) is 0 Å². The van der Waals surface area contributed by atoms with Crippen LogP contribution in [0.25, 0.3) is 0 Å². The lowest BCUT2D eigenvalue weighted by Crippen LogP contribution is -3.12. The highest BCUT2D eigenvalue weighted by Crippen LogP contribution is 1.95. The average Bonchev–Trinajstić information content (AvgIpc) is 2.15. The van der Waals surface area contributed by atoms with Gasteiger partial charge in [-0.3, -0.25) is 4.79 Å². The van der Waals surface area contributed by atoms with Gasteiger partial charge < -0.3 is 4.90 Å². The van der Waals surface area contributed by atoms with Crippen molar-refractivity contribution in [3.63, 3.8) is 0 Å². The van der Waals surface area contributed by atoms with Crippen molar-refractivity contribution < 1.29 is 9.69 Å². The molecule has 0 atom stereocenters. The minimum Gasteiger partial charge on any atom is -0.335 e. The standard InChI is InChI=1S/C12H21NO/c1-11(2)10-12(14)6-9-13-7-4-3-5-8-13/h10H,3-9H2,1-2H3/p+1. The first kappa shape index (κ1) is 11.4. The molecule has 0 amide bonds. The first-order valence-electron chi connectivity index (χ1n) is 5.70. The number of hydrogen-bond donors (Lipinski definition) is 1. The predicted molar refractivity (Wildman–Crippen MR) is 58.5 cm³/mol. The van der Waals surface area contributed by atoms with E-state index in [0.29, 0.717) is 5.78 Å². The zero-order valence-corrected chi connectivity index (χ0v) is 9.44. The van der Waals surface area contributed by atoms with E-state index >= 15 is 0 Å². The number of hydrogen-bond acceptors (Lipinski definition) is 1. The van der Waals surface area contributed by atoms with Crippen molar-refractivity contribution in [3.05, 3.63) is 11.6 Å². The Balaban J connectivity index is 2.19. The average molecular weight is 196 g/mol. The smallest absolute Gasteiger partial charge is 0.161 e. The van der Waals surface area contributed by atoms with Crippen LogP contribution in [-0.2, 0) is 4.79 Å². The molecular formula is C12H22NO+. The van der Waals surface area contributed by atoms with Gasteiger partial charge in [0.1, 0.15) is 0 Å². The molecule has 1 aliphatic heterocycles. The number of allylic oxidation sites excluding steroid dienone is 2. The molecule has 1 rings (SSSR count). The molecule has 0 aromatic carbocycles. The fraction of sp³-hybridized carbons (Fsp3) is 0.750. The van der Waals surface area contributed by atoms with E-state index in [1.54, 1.807) is 11.0 Å². The molecule has 0 aromatic heterocycles. The fourth-order valence-electron chi connectivity index (χ4n) is 2.00. The first-order chi connectivity index (χ1) is 6.68. The summed E-state index contributed by atoms with van der Waals surface area (Å²) in [6.07, 6.45) is 6.55. The second kappa shape index (κ2) is 5.97. The Morgan fingerprint density at radius 2 is 1.86 bits per heavy atom. The molecule has 0 spiro atoms. The van der Waals surface area contributed by atoms with Crippen molar-refractivity contribution in [2.45, 2.75) is 39.5 Å². The number of ketones is 1. The Labute approximate surface area is 87.0 Å². The van der Waals surface area contributed by atoms with Gasteiger partial charge in [-0.15, -0.1) is 0 Å². The van der Waals surface area contributed by atoms with Crippen LogP contribution in [0.2, 0.25) is 0 Å². The molecule has 0 saturated carbocycles. The van der Waals surface area contributed by atoms with Crippen LogP contribution in [0.5, 0.6) is 0 Å². The monoisotopic (exact) mass is 196 g/mol. The summed E-state index contributed by atoms with van der Waals surface area (Å²) in [6, 6.07) is 0. The maximum absolute atomic E-state index is 11.4. The summed E-state index contributed by atoms with van der Waals surface area (Å²) in [5, 5.41) is 0. The molecule has 0 aromatic rings. The summed E-state index contributed by atoms with van der Waals surface area (Å²) < 4.78 is 0. The Bertz CT molecular complexity index is 210. The second-order valence-electron chi connectivity index (χ2n) is 4.50. The number of quaternary nitrogens is 1. The lowest BCUT2D eigenvalue weighted by Gasteiger charge is -2.22. The van der Waals surface area contributed by atoms with Crippen LogP contribution in [0, 0.1) is 0 Å². The highest BCUT2D eigenvalue weighted by atomic mass is 16.1. The third-order valence-corrected chi connectivity index (χ3v) is 2.74. The van der Waals surface area contributed by atoms with Gasteiger partial charge in [-0.1, -0.05) is 5.57 Å². The lowest BCUT2D eigenvalue weighted by atomic mass is 10.1. The first-order valence-corrected chi connectivity index (χ1v) is 5.70. The number of likely N-dealkylation sites (tertiary alicyclic amines) is 1. The van der Waals surface area contributed by atoms with Crippen molar-refractivity contribution >= 4 is 5.78 Å². The second-order valence-corrected chi connectivity index (χ2v) is 4.50. The van der Waals surface area contributed by atoms with Gasteiger partial charge in [0.25, 0.3) is 0 Å². The van der Waals surface area contributed by atoms with E-state index in [9.17, 15) is 4.79 Å². The Hall–Kier alpha value is -0.630. The molecule has 0 unspecified atom stereocenters. The maximum atomic E-state index is 11.4. The van der Waals surface area contributed by atoms with Crippen LogP contribution in [0.1, 0.15) is 39.5 Å². The molecule has 1 N–H and O–H groups in total. The van der Waals surface area contributed by atoms with Crippen LogP contribution in [0.15, 0.2) is 11.6 Å². The number of carbonyl (C=O) groups excluding carboxylic acids is 1. The molecule has 1 heterocycles. The molecule has 80 valence electrons. The minimum absolute atomic E-state index is 0.295. The highest BCUT2D eigenvalue weighted by molar-refractivity contribution is 5.90. The number of rotatable bonds is 4. The summed E-state index contributed by atoms with van der Waals surface area (Å²) in [6.45, 7) is 7.52. The van der Waals surface area contributed by atoms with Gasteiger partial charge in [-0.2, -0.15) is 0 Å². The quantitative estimate of drug-likeness (QED) is 0.665. The molecule has 0 bridgehead atoms. The van der Waals surface area contributed by atoms with Crippen LogP contribution < -0.4 is 4.90 Å². The van der Waals surface area contributed by atoms with Gasteiger partial charge in [0.05, 0.1) is 26.1 Å². The molecule has 0 radical (unpaired) electrons. The van der Waals surface area contributed by atoms with Crippen LogP contribution >= 0.6 is 0 Å². The SMILES string of the molecule is CC(C)=CC(=O)CC[NH+]1CCCCC1. The van der Waals surface area contributed by atoms with Gasteiger partial charge >= 0.3 is 0 Å². The van der Waals surface area contributed by atoms with Crippen molar-refractivity contribution in [1.29, 1.82) is 0 Å². The van der Waals surface area contributed by atoms with Gasteiger partial charge in [-0.25, -0.2) is 0 Å². The molecule has 2 nitrogen and oxygen atoms in total. The largest absolute Gasteiger partial charge is 0.335 e. The van der Waals surface area contributed by atoms with E-state index in [4.69, 9.17) is 0 Å². The molecule has 1 fully saturated rings. The van der Waals surface area contributed by atoms with Crippen molar-refractivity contribution in [3.8, 4) is 0 Å². The molecular weight excluding hydrogens is 174 g/mol. The summed E-state index contributed by atoms with van der Waals surface area (Å²) >= 11 is 0.